The molecule has 0 aliphatic heterocycles. The van der Waals surface area contributed by atoms with Crippen molar-refractivity contribution in [3.05, 3.63) is 24.0 Å². The van der Waals surface area contributed by atoms with Gasteiger partial charge in [0.05, 0.1) is 16.4 Å². The summed E-state index contributed by atoms with van der Waals surface area (Å²) in [4.78, 5) is 15.6. The van der Waals surface area contributed by atoms with Crippen molar-refractivity contribution in [1.29, 1.82) is 0 Å². The van der Waals surface area contributed by atoms with Gasteiger partial charge in [-0.15, -0.1) is 0 Å². The van der Waals surface area contributed by atoms with Crippen molar-refractivity contribution in [1.82, 2.24) is 9.55 Å². The Morgan fingerprint density at radius 1 is 1.53 bits per heavy atom. The number of benzene rings is 1. The minimum atomic E-state index is -0.699. The third-order valence-corrected chi connectivity index (χ3v) is 4.04. The molecule has 1 aromatic heterocycles. The van der Waals surface area contributed by atoms with Crippen molar-refractivity contribution in [3.8, 4) is 0 Å². The molecule has 19 heavy (non-hydrogen) atoms. The van der Waals surface area contributed by atoms with Gasteiger partial charge >= 0.3 is 5.97 Å². The number of carbonyl (C=O) groups is 1. The van der Waals surface area contributed by atoms with Crippen LogP contribution in [0.2, 0.25) is 0 Å². The molecule has 1 aliphatic rings. The molecule has 0 saturated heterocycles. The van der Waals surface area contributed by atoms with Gasteiger partial charge in [0.2, 0.25) is 0 Å². The van der Waals surface area contributed by atoms with Crippen LogP contribution in [-0.4, -0.2) is 27.2 Å². The number of nitrogens with zero attached hydrogens (tertiary/aromatic N) is 2. The van der Waals surface area contributed by atoms with Crippen LogP contribution in [0.4, 0.5) is 5.69 Å². The summed E-state index contributed by atoms with van der Waals surface area (Å²) >= 11 is 0. The quantitative estimate of drug-likeness (QED) is 0.883. The van der Waals surface area contributed by atoms with Crippen LogP contribution in [-0.2, 0) is 11.8 Å². The zero-order chi connectivity index (χ0) is 13.6. The monoisotopic (exact) mass is 259 g/mol. The highest BCUT2D eigenvalue weighted by molar-refractivity contribution is 5.81. The van der Waals surface area contributed by atoms with E-state index >= 15 is 0 Å². The Morgan fingerprint density at radius 3 is 2.89 bits per heavy atom. The number of aromatic nitrogens is 2. The Morgan fingerprint density at radius 2 is 2.26 bits per heavy atom. The zero-order valence-electron chi connectivity index (χ0n) is 11.1. The number of fused-ring (bicyclic) bond motifs is 1. The van der Waals surface area contributed by atoms with Crippen LogP contribution < -0.4 is 5.32 Å². The summed E-state index contributed by atoms with van der Waals surface area (Å²) < 4.78 is 2.04. The molecule has 5 heteroatoms. The third kappa shape index (κ3) is 1.95. The van der Waals surface area contributed by atoms with Crippen molar-refractivity contribution >= 4 is 22.7 Å². The highest BCUT2D eigenvalue weighted by Crippen LogP contribution is 2.45. The van der Waals surface area contributed by atoms with Gasteiger partial charge < -0.3 is 15.0 Å². The van der Waals surface area contributed by atoms with Gasteiger partial charge in [-0.3, -0.25) is 4.79 Å². The molecule has 2 aromatic rings. The predicted octanol–water partition coefficient (Wildman–Crippen LogP) is 2.16. The van der Waals surface area contributed by atoms with Crippen molar-refractivity contribution in [2.75, 3.05) is 11.9 Å². The maximum atomic E-state index is 11.1. The van der Waals surface area contributed by atoms with Crippen molar-refractivity contribution in [2.24, 2.45) is 12.5 Å². The second-order valence-electron chi connectivity index (χ2n) is 5.36. The topological polar surface area (TPSA) is 67.2 Å². The predicted molar refractivity (Wildman–Crippen MR) is 73.2 cm³/mol. The van der Waals surface area contributed by atoms with Crippen LogP contribution in [0.5, 0.6) is 0 Å². The van der Waals surface area contributed by atoms with Gasteiger partial charge in [0.25, 0.3) is 0 Å². The summed E-state index contributed by atoms with van der Waals surface area (Å²) in [6, 6.07) is 5.96. The van der Waals surface area contributed by atoms with Gasteiger partial charge in [0.1, 0.15) is 5.82 Å². The molecule has 0 radical (unpaired) electrons. The number of carboxylic acids is 1. The van der Waals surface area contributed by atoms with Crippen LogP contribution in [0.15, 0.2) is 18.2 Å². The number of hydrogen-bond acceptors (Lipinski definition) is 3. The summed E-state index contributed by atoms with van der Waals surface area (Å²) in [5.74, 6) is 0.270. The molecule has 1 aliphatic carbocycles. The number of aliphatic carboxylic acids is 1. The lowest BCUT2D eigenvalue weighted by Crippen LogP contribution is -2.24. The first-order chi connectivity index (χ1) is 9.02. The maximum Gasteiger partial charge on any atom is 0.311 e. The standard InChI is InChI=1S/C14H17N3O2/c1-9-16-11-7-10(3-4-12(11)17(9)2)15-8-14(5-6-14)13(18)19/h3-4,7,15H,5-6,8H2,1-2H3,(H,18,19). The molecule has 0 amide bonds. The van der Waals surface area contributed by atoms with Gasteiger partial charge in [-0.05, 0) is 38.0 Å². The molecule has 0 bridgehead atoms. The van der Waals surface area contributed by atoms with Crippen LogP contribution in [0.25, 0.3) is 11.0 Å². The van der Waals surface area contributed by atoms with E-state index in [9.17, 15) is 4.79 Å². The lowest BCUT2D eigenvalue weighted by Gasteiger charge is -2.12. The zero-order valence-corrected chi connectivity index (χ0v) is 11.1. The van der Waals surface area contributed by atoms with Gasteiger partial charge in [0.15, 0.2) is 0 Å². The summed E-state index contributed by atoms with van der Waals surface area (Å²) in [6.07, 6.45) is 1.53. The Hall–Kier alpha value is -2.04. The van der Waals surface area contributed by atoms with E-state index in [4.69, 9.17) is 5.11 Å². The molecule has 5 nitrogen and oxygen atoms in total. The van der Waals surface area contributed by atoms with E-state index in [-0.39, 0.29) is 0 Å². The van der Waals surface area contributed by atoms with Crippen LogP contribution in [0, 0.1) is 12.3 Å². The molecule has 1 heterocycles. The number of rotatable bonds is 4. The van der Waals surface area contributed by atoms with Crippen LogP contribution in [0.3, 0.4) is 0 Å². The molecule has 1 fully saturated rings. The minimum Gasteiger partial charge on any atom is -0.481 e. The second-order valence-corrected chi connectivity index (χ2v) is 5.36. The van der Waals surface area contributed by atoms with Crippen molar-refractivity contribution in [2.45, 2.75) is 19.8 Å². The Kier molecular flexibility index (Phi) is 2.52. The number of imidazole rings is 1. The molecular weight excluding hydrogens is 242 g/mol. The first-order valence-electron chi connectivity index (χ1n) is 6.42. The third-order valence-electron chi connectivity index (χ3n) is 4.04. The number of anilines is 1. The van der Waals surface area contributed by atoms with Crippen LogP contribution in [0.1, 0.15) is 18.7 Å². The largest absolute Gasteiger partial charge is 0.481 e. The second kappa shape index (κ2) is 3.98. The smallest absolute Gasteiger partial charge is 0.311 e. The summed E-state index contributed by atoms with van der Waals surface area (Å²) in [5, 5.41) is 12.4. The highest BCUT2D eigenvalue weighted by atomic mass is 16.4. The molecule has 0 atom stereocenters. The number of hydrogen-bond donors (Lipinski definition) is 2. The molecule has 1 saturated carbocycles. The van der Waals surface area contributed by atoms with Crippen molar-refractivity contribution < 1.29 is 9.90 Å². The average Bonchev–Trinajstić information content (AvgIpc) is 3.12. The lowest BCUT2D eigenvalue weighted by atomic mass is 10.1. The highest BCUT2D eigenvalue weighted by Gasteiger charge is 2.49. The normalized spacial score (nSPS) is 16.5. The molecule has 100 valence electrons. The van der Waals surface area contributed by atoms with E-state index < -0.39 is 11.4 Å². The first kappa shape index (κ1) is 12.0. The maximum absolute atomic E-state index is 11.1. The van der Waals surface area contributed by atoms with Crippen LogP contribution >= 0.6 is 0 Å². The Labute approximate surface area is 111 Å². The fraction of sp³-hybridized carbons (Fsp3) is 0.429. The number of nitrogens with one attached hydrogen (secondary N) is 1. The van der Waals surface area contributed by atoms with Gasteiger partial charge in [-0.1, -0.05) is 0 Å². The van der Waals surface area contributed by atoms with E-state index in [1.165, 1.54) is 0 Å². The van der Waals surface area contributed by atoms with Gasteiger partial charge in [0, 0.05) is 19.3 Å². The first-order valence-corrected chi connectivity index (χ1v) is 6.42. The number of carboxylic acid groups (broad SMARTS) is 1. The molecule has 0 unspecified atom stereocenters. The SMILES string of the molecule is Cc1nc2cc(NCC3(C(=O)O)CC3)ccc2n1C. The lowest BCUT2D eigenvalue weighted by molar-refractivity contribution is -0.142. The average molecular weight is 259 g/mol. The summed E-state index contributed by atoms with van der Waals surface area (Å²) in [6.45, 7) is 2.45. The molecule has 0 spiro atoms. The Balaban J connectivity index is 1.80. The molecule has 3 rings (SSSR count). The van der Waals surface area contributed by atoms with E-state index in [1.54, 1.807) is 0 Å². The summed E-state index contributed by atoms with van der Waals surface area (Å²) in [7, 11) is 1.99. The minimum absolute atomic E-state index is 0.486. The fourth-order valence-electron chi connectivity index (χ4n) is 2.32. The van der Waals surface area contributed by atoms with E-state index in [2.05, 4.69) is 10.3 Å². The van der Waals surface area contributed by atoms with Gasteiger partial charge in [-0.25, -0.2) is 4.98 Å². The molecule has 1 aromatic carbocycles. The summed E-state index contributed by atoms with van der Waals surface area (Å²) in [5.41, 5.74) is 2.40. The molecule has 2 N–H and O–H groups in total. The van der Waals surface area contributed by atoms with E-state index in [1.807, 2.05) is 36.7 Å². The number of aryl methyl sites for hydroxylation is 2. The van der Waals surface area contributed by atoms with E-state index in [0.29, 0.717) is 6.54 Å². The van der Waals surface area contributed by atoms with E-state index in [0.717, 1.165) is 35.4 Å². The van der Waals surface area contributed by atoms with Gasteiger partial charge in [-0.2, -0.15) is 0 Å². The Bertz CT molecular complexity index is 656. The molecular formula is C14H17N3O2. The van der Waals surface area contributed by atoms with Crippen molar-refractivity contribution in [3.63, 3.8) is 0 Å². The fourth-order valence-corrected chi connectivity index (χ4v) is 2.32.